The number of benzene rings is 1. The van der Waals surface area contributed by atoms with Crippen LogP contribution in [0.1, 0.15) is 25.0 Å². The summed E-state index contributed by atoms with van der Waals surface area (Å²) in [5, 5.41) is 0. The van der Waals surface area contributed by atoms with Gasteiger partial charge in [-0.05, 0) is 18.1 Å². The molecule has 1 aromatic carbocycles. The molecule has 14 heavy (non-hydrogen) atoms. The predicted octanol–water partition coefficient (Wildman–Crippen LogP) is 2.11. The summed E-state index contributed by atoms with van der Waals surface area (Å²) in [6.07, 6.45) is 1.67. The molecule has 74 valence electrons. The third kappa shape index (κ3) is 1.65. The van der Waals surface area contributed by atoms with Crippen molar-refractivity contribution >= 4 is 5.97 Å². The van der Waals surface area contributed by atoms with Crippen molar-refractivity contribution in [3.05, 3.63) is 35.4 Å². The third-order valence-corrected chi connectivity index (χ3v) is 2.64. The number of rotatable bonds is 1. The molecule has 0 atom stereocenters. The average Bonchev–Trinajstić information content (AvgIpc) is 2.38. The molecule has 0 unspecified atom stereocenters. The minimum Gasteiger partial charge on any atom is -0.459 e. The molecule has 0 spiro atoms. The molecule has 0 radical (unpaired) electrons. The SMILES string of the molecule is CC(=O)OC1(C)Cc2ccccc2C1. The Kier molecular flexibility index (Phi) is 2.06. The molecule has 0 amide bonds. The van der Waals surface area contributed by atoms with Crippen LogP contribution in [0, 0.1) is 0 Å². The van der Waals surface area contributed by atoms with Crippen LogP contribution in [0.5, 0.6) is 0 Å². The highest BCUT2D eigenvalue weighted by atomic mass is 16.6. The summed E-state index contributed by atoms with van der Waals surface area (Å²) < 4.78 is 5.34. The molecule has 2 rings (SSSR count). The number of esters is 1. The van der Waals surface area contributed by atoms with E-state index in [9.17, 15) is 4.79 Å². The molecule has 0 heterocycles. The Balaban J connectivity index is 2.21. The van der Waals surface area contributed by atoms with Gasteiger partial charge in [0, 0.05) is 19.8 Å². The molecule has 0 saturated carbocycles. The third-order valence-electron chi connectivity index (χ3n) is 2.64. The molecular weight excluding hydrogens is 176 g/mol. The zero-order valence-corrected chi connectivity index (χ0v) is 8.54. The van der Waals surface area contributed by atoms with Gasteiger partial charge in [0.2, 0.25) is 0 Å². The smallest absolute Gasteiger partial charge is 0.303 e. The van der Waals surface area contributed by atoms with Gasteiger partial charge in [0.15, 0.2) is 0 Å². The van der Waals surface area contributed by atoms with Crippen LogP contribution in [-0.4, -0.2) is 11.6 Å². The van der Waals surface area contributed by atoms with Gasteiger partial charge in [0.25, 0.3) is 0 Å². The normalized spacial score (nSPS) is 17.6. The van der Waals surface area contributed by atoms with Crippen LogP contribution in [-0.2, 0) is 22.4 Å². The first-order valence-electron chi connectivity index (χ1n) is 4.85. The number of hydrogen-bond donors (Lipinski definition) is 0. The molecule has 0 aromatic heterocycles. The van der Waals surface area contributed by atoms with Crippen molar-refractivity contribution in [1.82, 2.24) is 0 Å². The maximum Gasteiger partial charge on any atom is 0.303 e. The van der Waals surface area contributed by atoms with E-state index in [1.165, 1.54) is 18.1 Å². The number of fused-ring (bicyclic) bond motifs is 1. The lowest BCUT2D eigenvalue weighted by Gasteiger charge is -2.23. The van der Waals surface area contributed by atoms with Crippen LogP contribution < -0.4 is 0 Å². The van der Waals surface area contributed by atoms with E-state index >= 15 is 0 Å². The monoisotopic (exact) mass is 190 g/mol. The minimum atomic E-state index is -0.324. The highest BCUT2D eigenvalue weighted by molar-refractivity contribution is 5.66. The fourth-order valence-corrected chi connectivity index (χ4v) is 2.19. The molecule has 2 heteroatoms. The zero-order chi connectivity index (χ0) is 10.2. The first kappa shape index (κ1) is 9.25. The molecule has 1 aromatic rings. The Hall–Kier alpha value is -1.31. The van der Waals surface area contributed by atoms with E-state index in [-0.39, 0.29) is 11.6 Å². The highest BCUT2D eigenvalue weighted by Crippen LogP contribution is 2.32. The molecule has 0 bridgehead atoms. The van der Waals surface area contributed by atoms with Gasteiger partial charge in [0.05, 0.1) is 0 Å². The van der Waals surface area contributed by atoms with Crippen molar-refractivity contribution in [2.45, 2.75) is 32.3 Å². The molecule has 1 aliphatic rings. The second kappa shape index (κ2) is 3.12. The summed E-state index contributed by atoms with van der Waals surface area (Å²) >= 11 is 0. The fraction of sp³-hybridized carbons (Fsp3) is 0.417. The average molecular weight is 190 g/mol. The molecule has 0 aliphatic heterocycles. The first-order chi connectivity index (χ1) is 6.59. The van der Waals surface area contributed by atoms with Gasteiger partial charge in [-0.25, -0.2) is 0 Å². The number of carbonyl (C=O) groups excluding carboxylic acids is 1. The Labute approximate surface area is 83.9 Å². The summed E-state index contributed by atoms with van der Waals surface area (Å²) in [6.45, 7) is 3.46. The number of carbonyl (C=O) groups is 1. The molecule has 0 fully saturated rings. The van der Waals surface area contributed by atoms with Crippen LogP contribution in [0.4, 0.5) is 0 Å². The standard InChI is InChI=1S/C12H14O2/c1-9(13)14-12(2)7-10-5-3-4-6-11(10)8-12/h3-6H,7-8H2,1-2H3. The van der Waals surface area contributed by atoms with Crippen molar-refractivity contribution in [3.8, 4) is 0 Å². The zero-order valence-electron chi connectivity index (χ0n) is 8.54. The van der Waals surface area contributed by atoms with Gasteiger partial charge in [-0.15, -0.1) is 0 Å². The van der Waals surface area contributed by atoms with Crippen molar-refractivity contribution in [3.63, 3.8) is 0 Å². The second-order valence-electron chi connectivity index (χ2n) is 4.17. The van der Waals surface area contributed by atoms with E-state index in [1.807, 2.05) is 19.1 Å². The molecule has 0 N–H and O–H groups in total. The maximum absolute atomic E-state index is 10.9. The molecule has 0 saturated heterocycles. The molecular formula is C12H14O2. The largest absolute Gasteiger partial charge is 0.459 e. The minimum absolute atomic E-state index is 0.194. The van der Waals surface area contributed by atoms with Crippen LogP contribution in [0.3, 0.4) is 0 Å². The van der Waals surface area contributed by atoms with E-state index in [0.717, 1.165) is 12.8 Å². The van der Waals surface area contributed by atoms with Crippen molar-refractivity contribution in [2.24, 2.45) is 0 Å². The first-order valence-corrected chi connectivity index (χ1v) is 4.85. The van der Waals surface area contributed by atoms with Crippen LogP contribution in [0.15, 0.2) is 24.3 Å². The number of ether oxygens (including phenoxy) is 1. The second-order valence-corrected chi connectivity index (χ2v) is 4.17. The van der Waals surface area contributed by atoms with Gasteiger partial charge in [0.1, 0.15) is 5.60 Å². The van der Waals surface area contributed by atoms with Crippen LogP contribution in [0.25, 0.3) is 0 Å². The fourth-order valence-electron chi connectivity index (χ4n) is 2.19. The quantitative estimate of drug-likeness (QED) is 0.634. The number of hydrogen-bond acceptors (Lipinski definition) is 2. The van der Waals surface area contributed by atoms with Crippen molar-refractivity contribution in [1.29, 1.82) is 0 Å². The summed E-state index contributed by atoms with van der Waals surface area (Å²) in [5.41, 5.74) is 2.28. The van der Waals surface area contributed by atoms with E-state index in [1.54, 1.807) is 0 Å². The van der Waals surface area contributed by atoms with E-state index in [0.29, 0.717) is 0 Å². The van der Waals surface area contributed by atoms with Gasteiger partial charge in [-0.3, -0.25) is 4.79 Å². The topological polar surface area (TPSA) is 26.3 Å². The van der Waals surface area contributed by atoms with Gasteiger partial charge < -0.3 is 4.74 Å². The lowest BCUT2D eigenvalue weighted by atomic mass is 10.0. The van der Waals surface area contributed by atoms with E-state index < -0.39 is 0 Å². The van der Waals surface area contributed by atoms with Gasteiger partial charge >= 0.3 is 5.97 Å². The van der Waals surface area contributed by atoms with E-state index in [4.69, 9.17) is 4.74 Å². The van der Waals surface area contributed by atoms with Gasteiger partial charge in [-0.1, -0.05) is 24.3 Å². The Bertz CT molecular complexity index is 343. The summed E-state index contributed by atoms with van der Waals surface area (Å²) in [6, 6.07) is 8.25. The summed E-state index contributed by atoms with van der Waals surface area (Å²) in [4.78, 5) is 10.9. The van der Waals surface area contributed by atoms with Crippen molar-refractivity contribution < 1.29 is 9.53 Å². The maximum atomic E-state index is 10.9. The Morgan fingerprint density at radius 1 is 1.29 bits per heavy atom. The Morgan fingerprint density at radius 2 is 1.79 bits per heavy atom. The van der Waals surface area contributed by atoms with E-state index in [2.05, 4.69) is 12.1 Å². The molecule has 2 nitrogen and oxygen atoms in total. The highest BCUT2D eigenvalue weighted by Gasteiger charge is 2.35. The van der Waals surface area contributed by atoms with Crippen LogP contribution in [0.2, 0.25) is 0 Å². The Morgan fingerprint density at radius 3 is 2.21 bits per heavy atom. The molecule has 1 aliphatic carbocycles. The van der Waals surface area contributed by atoms with Gasteiger partial charge in [-0.2, -0.15) is 0 Å². The lowest BCUT2D eigenvalue weighted by molar-refractivity contribution is -0.154. The summed E-state index contributed by atoms with van der Waals surface area (Å²) in [5.74, 6) is -0.194. The van der Waals surface area contributed by atoms with Crippen molar-refractivity contribution in [2.75, 3.05) is 0 Å². The van der Waals surface area contributed by atoms with Crippen LogP contribution >= 0.6 is 0 Å². The predicted molar refractivity (Wildman–Crippen MR) is 54.0 cm³/mol. The summed E-state index contributed by atoms with van der Waals surface area (Å²) in [7, 11) is 0. The lowest BCUT2D eigenvalue weighted by Crippen LogP contribution is -2.31.